The van der Waals surface area contributed by atoms with E-state index in [1.165, 1.54) is 5.56 Å². The molecule has 0 aromatic heterocycles. The van der Waals surface area contributed by atoms with E-state index >= 15 is 0 Å². The lowest BCUT2D eigenvalue weighted by Gasteiger charge is -2.43. The van der Waals surface area contributed by atoms with Gasteiger partial charge in [-0.3, -0.25) is 14.5 Å². The summed E-state index contributed by atoms with van der Waals surface area (Å²) in [4.78, 5) is 42.5. The molecule has 3 aliphatic rings. The maximum Gasteiger partial charge on any atom is 0.325 e. The molecule has 6 heteroatoms. The topological polar surface area (TPSA) is 69.7 Å². The summed E-state index contributed by atoms with van der Waals surface area (Å²) in [6.07, 6.45) is 4.24. The second-order valence-electron chi connectivity index (χ2n) is 11.4. The molecule has 3 fully saturated rings. The van der Waals surface area contributed by atoms with Crippen LogP contribution in [0.1, 0.15) is 83.8 Å². The molecule has 2 aliphatic carbocycles. The highest BCUT2D eigenvalue weighted by Gasteiger charge is 2.56. The van der Waals surface area contributed by atoms with Crippen LogP contribution in [0.3, 0.4) is 0 Å². The molecule has 32 heavy (non-hydrogen) atoms. The number of nitrogens with zero attached hydrogens (tertiary/aromatic N) is 2. The van der Waals surface area contributed by atoms with E-state index in [4.69, 9.17) is 0 Å². The van der Waals surface area contributed by atoms with Gasteiger partial charge in [-0.1, -0.05) is 58.9 Å². The van der Waals surface area contributed by atoms with Crippen LogP contribution in [-0.4, -0.2) is 45.8 Å². The van der Waals surface area contributed by atoms with Gasteiger partial charge in [-0.2, -0.15) is 0 Å². The molecule has 174 valence electrons. The largest absolute Gasteiger partial charge is 0.334 e. The molecule has 1 spiro atoms. The van der Waals surface area contributed by atoms with Crippen LogP contribution < -0.4 is 5.32 Å². The first-order valence-electron chi connectivity index (χ1n) is 12.0. The van der Waals surface area contributed by atoms with Crippen LogP contribution in [0.2, 0.25) is 0 Å². The van der Waals surface area contributed by atoms with Crippen molar-refractivity contribution in [3.8, 4) is 0 Å². The van der Waals surface area contributed by atoms with Crippen molar-refractivity contribution in [2.75, 3.05) is 6.54 Å². The van der Waals surface area contributed by atoms with E-state index in [2.05, 4.69) is 64.2 Å². The molecule has 2 unspecified atom stereocenters. The maximum atomic E-state index is 13.4. The number of imide groups is 1. The van der Waals surface area contributed by atoms with E-state index in [1.54, 1.807) is 0 Å². The van der Waals surface area contributed by atoms with Crippen molar-refractivity contribution in [1.82, 2.24) is 15.1 Å². The van der Waals surface area contributed by atoms with Crippen LogP contribution in [0.5, 0.6) is 0 Å². The fourth-order valence-corrected chi connectivity index (χ4v) is 5.89. The first-order chi connectivity index (χ1) is 15.0. The maximum absolute atomic E-state index is 13.4. The third kappa shape index (κ3) is 4.55. The van der Waals surface area contributed by atoms with Gasteiger partial charge in [0, 0.05) is 12.6 Å². The Morgan fingerprint density at radius 1 is 1.16 bits per heavy atom. The monoisotopic (exact) mass is 439 g/mol. The van der Waals surface area contributed by atoms with Gasteiger partial charge in [0.05, 0.1) is 0 Å². The van der Waals surface area contributed by atoms with Crippen molar-refractivity contribution >= 4 is 17.8 Å². The number of hydrogen-bond acceptors (Lipinski definition) is 3. The third-order valence-corrected chi connectivity index (χ3v) is 7.22. The summed E-state index contributed by atoms with van der Waals surface area (Å²) in [6, 6.07) is 8.16. The minimum absolute atomic E-state index is 0.0250. The summed E-state index contributed by atoms with van der Waals surface area (Å²) < 4.78 is 0. The molecule has 0 radical (unpaired) electrons. The number of hydrogen-bond donors (Lipinski definition) is 1. The average Bonchev–Trinajstić information content (AvgIpc) is 3.50. The lowest BCUT2D eigenvalue weighted by atomic mass is 9.64. The van der Waals surface area contributed by atoms with Crippen molar-refractivity contribution in [2.45, 2.75) is 90.8 Å². The molecular weight excluding hydrogens is 402 g/mol. The third-order valence-electron chi connectivity index (χ3n) is 7.22. The molecule has 2 atom stereocenters. The number of benzene rings is 1. The van der Waals surface area contributed by atoms with E-state index in [-0.39, 0.29) is 29.8 Å². The molecular formula is C26H37N3O3. The lowest BCUT2D eigenvalue weighted by Crippen LogP contribution is -2.54. The predicted octanol–water partition coefficient (Wildman–Crippen LogP) is 4.44. The van der Waals surface area contributed by atoms with E-state index < -0.39 is 11.6 Å². The van der Waals surface area contributed by atoms with Crippen molar-refractivity contribution in [3.63, 3.8) is 0 Å². The first-order valence-corrected chi connectivity index (χ1v) is 12.0. The molecule has 1 aromatic carbocycles. The molecule has 6 nitrogen and oxygen atoms in total. The van der Waals surface area contributed by atoms with Gasteiger partial charge in [0.2, 0.25) is 5.91 Å². The highest BCUT2D eigenvalue weighted by Crippen LogP contribution is 2.46. The summed E-state index contributed by atoms with van der Waals surface area (Å²) in [6.45, 7) is 11.1. The zero-order valence-electron chi connectivity index (χ0n) is 20.1. The van der Waals surface area contributed by atoms with E-state index in [1.807, 2.05) is 4.90 Å². The van der Waals surface area contributed by atoms with Crippen LogP contribution in [0, 0.1) is 11.3 Å². The zero-order chi connectivity index (χ0) is 23.3. The number of nitrogens with one attached hydrogen (secondary N) is 1. The Morgan fingerprint density at radius 2 is 1.81 bits per heavy atom. The zero-order valence-corrected chi connectivity index (χ0v) is 20.1. The number of amides is 4. The standard InChI is InChI=1S/C26H37N3O3/c1-17(2)20-8-6-19(7-9-20)14-28(21-10-11-21)22(30)15-29-23(31)26(27-24(29)32)13-18(3)12-25(4,5)16-26/h6-9,17-18,21H,10-16H2,1-5H3,(H,27,32). The first kappa shape index (κ1) is 22.8. The highest BCUT2D eigenvalue weighted by molar-refractivity contribution is 6.09. The number of rotatable bonds is 6. The van der Waals surface area contributed by atoms with Gasteiger partial charge in [0.25, 0.3) is 5.91 Å². The molecule has 4 amide bonds. The Balaban J connectivity index is 1.47. The number of urea groups is 1. The molecule has 2 saturated carbocycles. The van der Waals surface area contributed by atoms with E-state index in [0.29, 0.717) is 31.2 Å². The Hall–Kier alpha value is -2.37. The minimum Gasteiger partial charge on any atom is -0.334 e. The summed E-state index contributed by atoms with van der Waals surface area (Å²) in [7, 11) is 0. The summed E-state index contributed by atoms with van der Waals surface area (Å²) in [5, 5.41) is 2.98. The van der Waals surface area contributed by atoms with Crippen molar-refractivity contribution in [1.29, 1.82) is 0 Å². The number of carbonyl (C=O) groups excluding carboxylic acids is 3. The van der Waals surface area contributed by atoms with Gasteiger partial charge in [-0.15, -0.1) is 0 Å². The average molecular weight is 440 g/mol. The molecule has 0 bridgehead atoms. The fraction of sp³-hybridized carbons (Fsp3) is 0.654. The SMILES string of the molecule is CC1CC(C)(C)CC2(C1)NC(=O)N(CC(=O)N(Cc1ccc(C(C)C)cc1)C1CC1)C2=O. The van der Waals surface area contributed by atoms with Gasteiger partial charge < -0.3 is 10.2 Å². The van der Waals surface area contributed by atoms with Gasteiger partial charge in [-0.25, -0.2) is 4.79 Å². The van der Waals surface area contributed by atoms with Gasteiger partial charge >= 0.3 is 6.03 Å². The molecule has 1 heterocycles. The van der Waals surface area contributed by atoms with E-state index in [9.17, 15) is 14.4 Å². The Kier molecular flexibility index (Phi) is 5.84. The molecule has 1 aromatic rings. The fourth-order valence-electron chi connectivity index (χ4n) is 5.89. The highest BCUT2D eigenvalue weighted by atomic mass is 16.2. The molecule has 1 saturated heterocycles. The van der Waals surface area contributed by atoms with Gasteiger partial charge in [-0.05, 0) is 60.5 Å². The van der Waals surface area contributed by atoms with Crippen LogP contribution >= 0.6 is 0 Å². The van der Waals surface area contributed by atoms with E-state index in [0.717, 1.165) is 29.7 Å². The van der Waals surface area contributed by atoms with Crippen LogP contribution in [0.4, 0.5) is 4.79 Å². The second-order valence-corrected chi connectivity index (χ2v) is 11.4. The summed E-state index contributed by atoms with van der Waals surface area (Å²) >= 11 is 0. The van der Waals surface area contributed by atoms with Crippen LogP contribution in [0.15, 0.2) is 24.3 Å². The Morgan fingerprint density at radius 3 is 2.38 bits per heavy atom. The predicted molar refractivity (Wildman–Crippen MR) is 124 cm³/mol. The number of carbonyl (C=O) groups is 3. The van der Waals surface area contributed by atoms with Crippen molar-refractivity contribution < 1.29 is 14.4 Å². The quantitative estimate of drug-likeness (QED) is 0.667. The van der Waals surface area contributed by atoms with Crippen LogP contribution in [-0.2, 0) is 16.1 Å². The molecule has 4 rings (SSSR count). The van der Waals surface area contributed by atoms with Gasteiger partial charge in [0.15, 0.2) is 0 Å². The molecule has 1 N–H and O–H groups in total. The van der Waals surface area contributed by atoms with Crippen molar-refractivity contribution in [2.24, 2.45) is 11.3 Å². The summed E-state index contributed by atoms with van der Waals surface area (Å²) in [5.74, 6) is 0.428. The smallest absolute Gasteiger partial charge is 0.325 e. The Labute approximate surface area is 191 Å². The minimum atomic E-state index is -0.865. The van der Waals surface area contributed by atoms with Gasteiger partial charge in [0.1, 0.15) is 12.1 Å². The second kappa shape index (κ2) is 8.20. The van der Waals surface area contributed by atoms with Crippen LogP contribution in [0.25, 0.3) is 0 Å². The summed E-state index contributed by atoms with van der Waals surface area (Å²) in [5.41, 5.74) is 1.46. The molecule has 1 aliphatic heterocycles. The lowest BCUT2D eigenvalue weighted by molar-refractivity contribution is -0.141. The Bertz CT molecular complexity index is 903. The normalized spacial score (nSPS) is 27.2. The van der Waals surface area contributed by atoms with Crippen molar-refractivity contribution in [3.05, 3.63) is 35.4 Å².